The summed E-state index contributed by atoms with van der Waals surface area (Å²) in [5.74, 6) is -0.0256. The van der Waals surface area contributed by atoms with Crippen LogP contribution in [0.3, 0.4) is 0 Å². The van der Waals surface area contributed by atoms with E-state index >= 15 is 0 Å². The van der Waals surface area contributed by atoms with E-state index in [1.165, 1.54) is 9.42 Å². The molecule has 2 N–H and O–H groups in total. The van der Waals surface area contributed by atoms with Crippen molar-refractivity contribution in [3.63, 3.8) is 0 Å². The van der Waals surface area contributed by atoms with Crippen LogP contribution in [-0.2, 0) is 9.59 Å². The van der Waals surface area contributed by atoms with E-state index in [0.717, 1.165) is 16.9 Å². The van der Waals surface area contributed by atoms with Crippen LogP contribution in [0.15, 0.2) is 66.0 Å². The standard InChI is InChI=1S/C23H17N5O4S/c1-2-11-32-14-9-7-13(8-10-14)20-25-23-28(26-20)22(31)19(33-23)18-15-5-3-4-6-16(15)27(21(18)30)12-17(24)29/h2-10H,1,11-12H2,(H2,24,29)/b19-18-. The Morgan fingerprint density at radius 1 is 1.15 bits per heavy atom. The molecule has 0 fully saturated rings. The van der Waals surface area contributed by atoms with Gasteiger partial charge in [-0.2, -0.15) is 9.50 Å². The molecular formula is C23H17N5O4S. The number of anilines is 1. The van der Waals surface area contributed by atoms with Gasteiger partial charge in [-0.05, 0) is 30.3 Å². The van der Waals surface area contributed by atoms with E-state index in [1.54, 1.807) is 54.6 Å². The van der Waals surface area contributed by atoms with Crippen LogP contribution in [0.25, 0.3) is 21.9 Å². The van der Waals surface area contributed by atoms with E-state index in [0.29, 0.717) is 34.4 Å². The van der Waals surface area contributed by atoms with Gasteiger partial charge in [-0.1, -0.05) is 42.2 Å². The van der Waals surface area contributed by atoms with E-state index in [1.807, 2.05) is 0 Å². The van der Waals surface area contributed by atoms with Crippen LogP contribution >= 0.6 is 11.3 Å². The number of nitrogens with zero attached hydrogens (tertiary/aromatic N) is 4. The third-order valence-electron chi connectivity index (χ3n) is 5.10. The molecule has 0 bridgehead atoms. The van der Waals surface area contributed by atoms with Crippen LogP contribution < -0.4 is 25.5 Å². The van der Waals surface area contributed by atoms with Crippen molar-refractivity contribution in [2.24, 2.45) is 5.73 Å². The summed E-state index contributed by atoms with van der Waals surface area (Å²) >= 11 is 1.08. The van der Waals surface area contributed by atoms with Crippen LogP contribution in [0.2, 0.25) is 0 Å². The minimum Gasteiger partial charge on any atom is -0.490 e. The molecule has 3 heterocycles. The Labute approximate surface area is 191 Å². The number of rotatable bonds is 6. The molecule has 1 aliphatic rings. The second kappa shape index (κ2) is 7.99. The van der Waals surface area contributed by atoms with Gasteiger partial charge in [0.2, 0.25) is 10.9 Å². The number of nitrogens with two attached hydrogens (primary N) is 1. The number of benzene rings is 2. The molecule has 0 atom stereocenters. The number of aromatic nitrogens is 3. The average Bonchev–Trinajstić information content (AvgIpc) is 3.44. The number of amides is 2. The number of carbonyl (C=O) groups is 2. The molecule has 2 aromatic carbocycles. The lowest BCUT2D eigenvalue weighted by atomic mass is 10.1. The molecule has 0 unspecified atom stereocenters. The second-order valence-corrected chi connectivity index (χ2v) is 8.22. The summed E-state index contributed by atoms with van der Waals surface area (Å²) in [6.45, 7) is 3.74. The fourth-order valence-corrected chi connectivity index (χ4v) is 4.67. The number of carbonyl (C=O) groups excluding carboxylic acids is 2. The molecule has 0 aliphatic carbocycles. The van der Waals surface area contributed by atoms with Crippen molar-refractivity contribution in [1.82, 2.24) is 14.6 Å². The molecule has 2 amide bonds. The molecule has 9 nitrogen and oxygen atoms in total. The number of hydrogen-bond donors (Lipinski definition) is 1. The average molecular weight is 459 g/mol. The Bertz CT molecular complexity index is 1540. The zero-order valence-corrected chi connectivity index (χ0v) is 18.0. The maximum absolute atomic E-state index is 13.2. The molecule has 10 heteroatoms. The molecule has 164 valence electrons. The van der Waals surface area contributed by atoms with E-state index in [2.05, 4.69) is 16.7 Å². The predicted octanol–water partition coefficient (Wildman–Crippen LogP) is 1.13. The lowest BCUT2D eigenvalue weighted by molar-refractivity contribution is -0.119. The van der Waals surface area contributed by atoms with Gasteiger partial charge in [-0.3, -0.25) is 19.3 Å². The molecular weight excluding hydrogens is 442 g/mol. The highest BCUT2D eigenvalue weighted by Crippen LogP contribution is 2.35. The largest absolute Gasteiger partial charge is 0.490 e. The summed E-state index contributed by atoms with van der Waals surface area (Å²) < 4.78 is 6.88. The van der Waals surface area contributed by atoms with E-state index in [-0.39, 0.29) is 16.7 Å². The van der Waals surface area contributed by atoms with Gasteiger partial charge in [-0.25, -0.2) is 0 Å². The highest BCUT2D eigenvalue weighted by atomic mass is 32.1. The monoisotopic (exact) mass is 459 g/mol. The van der Waals surface area contributed by atoms with Gasteiger partial charge < -0.3 is 10.5 Å². The molecule has 0 saturated carbocycles. The van der Waals surface area contributed by atoms with Crippen molar-refractivity contribution in [3.05, 3.63) is 81.6 Å². The summed E-state index contributed by atoms with van der Waals surface area (Å²) in [6, 6.07) is 14.1. The maximum Gasteiger partial charge on any atom is 0.291 e. The fourth-order valence-electron chi connectivity index (χ4n) is 3.68. The first-order chi connectivity index (χ1) is 16.0. The zero-order chi connectivity index (χ0) is 23.1. The molecule has 0 saturated heterocycles. The minimum absolute atomic E-state index is 0.217. The van der Waals surface area contributed by atoms with Crippen LogP contribution in [0.4, 0.5) is 5.69 Å². The van der Waals surface area contributed by atoms with Crippen LogP contribution in [0.5, 0.6) is 5.75 Å². The minimum atomic E-state index is -0.644. The van der Waals surface area contributed by atoms with Crippen LogP contribution in [0.1, 0.15) is 5.56 Å². The van der Waals surface area contributed by atoms with Crippen molar-refractivity contribution >= 4 is 39.4 Å². The van der Waals surface area contributed by atoms with Gasteiger partial charge in [-0.15, -0.1) is 5.10 Å². The first-order valence-electron chi connectivity index (χ1n) is 9.95. The van der Waals surface area contributed by atoms with Crippen molar-refractivity contribution in [1.29, 1.82) is 0 Å². The Kier molecular flexibility index (Phi) is 4.98. The number of ether oxygens (including phenoxy) is 1. The number of thiazole rings is 1. The Morgan fingerprint density at radius 2 is 1.91 bits per heavy atom. The van der Waals surface area contributed by atoms with Crippen LogP contribution in [0, 0.1) is 0 Å². The van der Waals surface area contributed by atoms with Gasteiger partial charge in [0, 0.05) is 11.1 Å². The van der Waals surface area contributed by atoms with Gasteiger partial charge in [0.15, 0.2) is 5.82 Å². The number of hydrogen-bond acceptors (Lipinski definition) is 7. The number of primary amides is 1. The maximum atomic E-state index is 13.2. The lowest BCUT2D eigenvalue weighted by Gasteiger charge is -2.14. The third-order valence-corrected chi connectivity index (χ3v) is 6.13. The van der Waals surface area contributed by atoms with Gasteiger partial charge in [0.05, 0.1) is 11.3 Å². The third kappa shape index (κ3) is 3.46. The molecule has 5 rings (SSSR count). The SMILES string of the molecule is C=CCOc1ccc(-c2nc3s/c(=C4\C(=O)N(CC(N)=O)c5ccccc54)c(=O)n3n2)cc1. The molecule has 33 heavy (non-hydrogen) atoms. The molecule has 1 aliphatic heterocycles. The molecule has 0 spiro atoms. The Balaban J connectivity index is 1.59. The van der Waals surface area contributed by atoms with Gasteiger partial charge in [0.25, 0.3) is 11.5 Å². The number of fused-ring (bicyclic) bond motifs is 2. The highest BCUT2D eigenvalue weighted by molar-refractivity contribution is 7.15. The summed E-state index contributed by atoms with van der Waals surface area (Å²) in [7, 11) is 0. The second-order valence-electron chi connectivity index (χ2n) is 7.24. The van der Waals surface area contributed by atoms with Crippen molar-refractivity contribution in [2.45, 2.75) is 0 Å². The first-order valence-corrected chi connectivity index (χ1v) is 10.8. The topological polar surface area (TPSA) is 120 Å². The Hall–Kier alpha value is -4.31. The fraction of sp³-hybridized carbons (Fsp3) is 0.0870. The van der Waals surface area contributed by atoms with Crippen molar-refractivity contribution in [2.75, 3.05) is 18.1 Å². The lowest BCUT2D eigenvalue weighted by Crippen LogP contribution is -2.37. The van der Waals surface area contributed by atoms with E-state index in [9.17, 15) is 14.4 Å². The smallest absolute Gasteiger partial charge is 0.291 e. The quantitative estimate of drug-likeness (QED) is 0.432. The number of para-hydroxylation sites is 1. The first kappa shape index (κ1) is 20.6. The summed E-state index contributed by atoms with van der Waals surface area (Å²) in [5.41, 5.74) is 6.92. The zero-order valence-electron chi connectivity index (χ0n) is 17.2. The van der Waals surface area contributed by atoms with Crippen molar-refractivity contribution < 1.29 is 14.3 Å². The normalized spacial score (nSPS) is 14.5. The molecule has 4 aromatic rings. The predicted molar refractivity (Wildman–Crippen MR) is 124 cm³/mol. The Morgan fingerprint density at radius 3 is 2.61 bits per heavy atom. The van der Waals surface area contributed by atoms with Gasteiger partial charge >= 0.3 is 0 Å². The molecule has 2 aromatic heterocycles. The van der Waals surface area contributed by atoms with E-state index in [4.69, 9.17) is 10.5 Å². The van der Waals surface area contributed by atoms with Crippen molar-refractivity contribution in [3.8, 4) is 17.1 Å². The van der Waals surface area contributed by atoms with Crippen LogP contribution in [-0.4, -0.2) is 39.6 Å². The summed E-state index contributed by atoms with van der Waals surface area (Å²) in [5, 5.41) is 4.35. The molecule has 0 radical (unpaired) electrons. The van der Waals surface area contributed by atoms with E-state index < -0.39 is 17.4 Å². The summed E-state index contributed by atoms with van der Waals surface area (Å²) in [4.78, 5) is 43.9. The highest BCUT2D eigenvalue weighted by Gasteiger charge is 2.35. The summed E-state index contributed by atoms with van der Waals surface area (Å²) in [6.07, 6.45) is 1.66. The van der Waals surface area contributed by atoms with Gasteiger partial charge in [0.1, 0.15) is 23.4 Å².